The fourth-order valence-corrected chi connectivity index (χ4v) is 2.66. The van der Waals surface area contributed by atoms with Crippen molar-refractivity contribution in [3.8, 4) is 0 Å². The third-order valence-electron chi connectivity index (χ3n) is 3.62. The Morgan fingerprint density at radius 3 is 2.68 bits per heavy atom. The van der Waals surface area contributed by atoms with E-state index in [1.807, 2.05) is 6.07 Å². The molecule has 1 heterocycles. The van der Waals surface area contributed by atoms with Crippen LogP contribution in [0.3, 0.4) is 0 Å². The summed E-state index contributed by atoms with van der Waals surface area (Å²) in [6, 6.07) is 6.25. The molecule has 0 radical (unpaired) electrons. The van der Waals surface area contributed by atoms with Gasteiger partial charge in [-0.3, -0.25) is 0 Å². The van der Waals surface area contributed by atoms with Gasteiger partial charge in [-0.05, 0) is 50.8 Å². The van der Waals surface area contributed by atoms with Gasteiger partial charge in [0.2, 0.25) is 0 Å². The van der Waals surface area contributed by atoms with E-state index in [0.29, 0.717) is 0 Å². The zero-order valence-electron chi connectivity index (χ0n) is 12.5. The van der Waals surface area contributed by atoms with E-state index in [0.717, 1.165) is 30.6 Å². The molecule has 1 unspecified atom stereocenters. The van der Waals surface area contributed by atoms with Gasteiger partial charge in [-0.25, -0.2) is 0 Å². The van der Waals surface area contributed by atoms with Gasteiger partial charge < -0.3 is 10.2 Å². The zero-order valence-corrected chi connectivity index (χ0v) is 13.2. The van der Waals surface area contributed by atoms with Crippen LogP contribution in [0.4, 0.5) is 5.69 Å². The Hall–Kier alpha value is -0.730. The first kappa shape index (κ1) is 14.7. The number of nitrogens with zero attached hydrogens (tertiary/aromatic N) is 1. The molecule has 1 saturated heterocycles. The summed E-state index contributed by atoms with van der Waals surface area (Å²) in [5, 5.41) is 4.39. The third-order valence-corrected chi connectivity index (χ3v) is 3.86. The molecule has 1 fully saturated rings. The summed E-state index contributed by atoms with van der Waals surface area (Å²) in [5.74, 6) is 0.780. The normalized spacial score (nSPS) is 20.1. The molecule has 1 N–H and O–H groups in total. The first-order valence-electron chi connectivity index (χ1n) is 7.13. The smallest absolute Gasteiger partial charge is 0.0426 e. The number of hydrogen-bond donors (Lipinski definition) is 1. The van der Waals surface area contributed by atoms with Crippen molar-refractivity contribution in [3.63, 3.8) is 0 Å². The van der Waals surface area contributed by atoms with Gasteiger partial charge in [0, 0.05) is 35.9 Å². The van der Waals surface area contributed by atoms with E-state index in [2.05, 4.69) is 50.0 Å². The topological polar surface area (TPSA) is 15.3 Å². The minimum absolute atomic E-state index is 0.134. The molecule has 2 rings (SSSR count). The molecular weight excluding hydrogens is 256 g/mol. The van der Waals surface area contributed by atoms with Crippen molar-refractivity contribution in [2.24, 2.45) is 5.92 Å². The highest BCUT2D eigenvalue weighted by Gasteiger charge is 2.21. The largest absolute Gasteiger partial charge is 0.371 e. The second kappa shape index (κ2) is 5.72. The van der Waals surface area contributed by atoms with E-state index in [1.165, 1.54) is 17.7 Å². The van der Waals surface area contributed by atoms with Gasteiger partial charge in [0.05, 0.1) is 0 Å². The highest BCUT2D eigenvalue weighted by molar-refractivity contribution is 6.30. The van der Waals surface area contributed by atoms with Crippen molar-refractivity contribution in [2.45, 2.75) is 46.2 Å². The molecular formula is C16H25ClN2. The predicted octanol–water partition coefficient (Wildman–Crippen LogP) is 4.07. The fourth-order valence-electron chi connectivity index (χ4n) is 2.50. The summed E-state index contributed by atoms with van der Waals surface area (Å²) in [6.45, 7) is 12.1. The first-order valence-corrected chi connectivity index (χ1v) is 7.51. The summed E-state index contributed by atoms with van der Waals surface area (Å²) in [7, 11) is 0. The second-order valence-corrected chi connectivity index (χ2v) is 7.15. The van der Waals surface area contributed by atoms with Crippen LogP contribution in [-0.2, 0) is 6.54 Å². The van der Waals surface area contributed by atoms with Crippen LogP contribution in [0, 0.1) is 5.92 Å². The monoisotopic (exact) mass is 280 g/mol. The SMILES string of the molecule is CC1CCN(c2cc(Cl)ccc2CNC(C)(C)C)C1. The minimum atomic E-state index is 0.134. The highest BCUT2D eigenvalue weighted by Crippen LogP contribution is 2.29. The number of nitrogens with one attached hydrogen (secondary N) is 1. The third kappa shape index (κ3) is 4.12. The lowest BCUT2D eigenvalue weighted by Gasteiger charge is -2.25. The summed E-state index contributed by atoms with van der Waals surface area (Å²) in [5.41, 5.74) is 2.77. The fraction of sp³-hybridized carbons (Fsp3) is 0.625. The molecule has 1 aromatic rings. The Morgan fingerprint density at radius 2 is 2.11 bits per heavy atom. The minimum Gasteiger partial charge on any atom is -0.371 e. The number of benzene rings is 1. The Balaban J connectivity index is 2.18. The number of rotatable bonds is 3. The van der Waals surface area contributed by atoms with E-state index in [1.54, 1.807) is 0 Å². The Kier molecular flexibility index (Phi) is 4.42. The van der Waals surface area contributed by atoms with Crippen LogP contribution >= 0.6 is 11.6 Å². The maximum atomic E-state index is 6.17. The maximum Gasteiger partial charge on any atom is 0.0426 e. The number of anilines is 1. The predicted molar refractivity (Wildman–Crippen MR) is 84.0 cm³/mol. The van der Waals surface area contributed by atoms with Crippen LogP contribution in [0.2, 0.25) is 5.02 Å². The van der Waals surface area contributed by atoms with Gasteiger partial charge in [-0.15, -0.1) is 0 Å². The van der Waals surface area contributed by atoms with Crippen molar-refractivity contribution in [1.29, 1.82) is 0 Å². The Morgan fingerprint density at radius 1 is 1.37 bits per heavy atom. The van der Waals surface area contributed by atoms with Gasteiger partial charge in [-0.2, -0.15) is 0 Å². The van der Waals surface area contributed by atoms with E-state index in [9.17, 15) is 0 Å². The summed E-state index contributed by atoms with van der Waals surface area (Å²) in [4.78, 5) is 2.47. The van der Waals surface area contributed by atoms with Gasteiger partial charge >= 0.3 is 0 Å². The average molecular weight is 281 g/mol. The molecule has 0 amide bonds. The number of hydrogen-bond acceptors (Lipinski definition) is 2. The molecule has 0 bridgehead atoms. The molecule has 19 heavy (non-hydrogen) atoms. The van der Waals surface area contributed by atoms with Gasteiger partial charge in [0.15, 0.2) is 0 Å². The molecule has 1 aliphatic heterocycles. The molecule has 0 saturated carbocycles. The van der Waals surface area contributed by atoms with Crippen molar-refractivity contribution < 1.29 is 0 Å². The average Bonchev–Trinajstić information content (AvgIpc) is 2.73. The van der Waals surface area contributed by atoms with E-state index in [-0.39, 0.29) is 5.54 Å². The highest BCUT2D eigenvalue weighted by atomic mass is 35.5. The summed E-state index contributed by atoms with van der Waals surface area (Å²) >= 11 is 6.17. The van der Waals surface area contributed by atoms with Gasteiger partial charge in [0.25, 0.3) is 0 Å². The van der Waals surface area contributed by atoms with Crippen LogP contribution in [0.5, 0.6) is 0 Å². The Bertz CT molecular complexity index is 437. The molecule has 3 heteroatoms. The van der Waals surface area contributed by atoms with Crippen molar-refractivity contribution in [2.75, 3.05) is 18.0 Å². The summed E-state index contributed by atoms with van der Waals surface area (Å²) < 4.78 is 0. The Labute approximate surface area is 122 Å². The lowest BCUT2D eigenvalue weighted by atomic mass is 10.1. The van der Waals surface area contributed by atoms with E-state index >= 15 is 0 Å². The van der Waals surface area contributed by atoms with E-state index in [4.69, 9.17) is 11.6 Å². The molecule has 0 aliphatic carbocycles. The lowest BCUT2D eigenvalue weighted by Crippen LogP contribution is -2.35. The first-order chi connectivity index (χ1) is 8.85. The van der Waals surface area contributed by atoms with Crippen molar-refractivity contribution >= 4 is 17.3 Å². The molecule has 1 aliphatic rings. The lowest BCUT2D eigenvalue weighted by molar-refractivity contribution is 0.424. The van der Waals surface area contributed by atoms with Crippen LogP contribution in [-0.4, -0.2) is 18.6 Å². The van der Waals surface area contributed by atoms with Gasteiger partial charge in [-0.1, -0.05) is 24.6 Å². The quantitative estimate of drug-likeness (QED) is 0.898. The molecule has 0 spiro atoms. The van der Waals surface area contributed by atoms with Crippen molar-refractivity contribution in [1.82, 2.24) is 5.32 Å². The molecule has 106 valence electrons. The molecule has 2 nitrogen and oxygen atoms in total. The maximum absolute atomic E-state index is 6.17. The van der Waals surface area contributed by atoms with Crippen LogP contribution in [0.1, 0.15) is 39.7 Å². The molecule has 0 aromatic heterocycles. The van der Waals surface area contributed by atoms with E-state index < -0.39 is 0 Å². The van der Waals surface area contributed by atoms with Crippen LogP contribution < -0.4 is 10.2 Å². The molecule has 1 aromatic carbocycles. The number of halogens is 1. The second-order valence-electron chi connectivity index (χ2n) is 6.72. The van der Waals surface area contributed by atoms with Crippen LogP contribution in [0.25, 0.3) is 0 Å². The van der Waals surface area contributed by atoms with Crippen LogP contribution in [0.15, 0.2) is 18.2 Å². The van der Waals surface area contributed by atoms with Crippen molar-refractivity contribution in [3.05, 3.63) is 28.8 Å². The summed E-state index contributed by atoms with van der Waals surface area (Å²) in [6.07, 6.45) is 1.28. The standard InChI is InChI=1S/C16H25ClN2/c1-12-7-8-19(11-12)15-9-14(17)6-5-13(15)10-18-16(2,3)4/h5-6,9,12,18H,7-8,10-11H2,1-4H3. The molecule has 1 atom stereocenters. The van der Waals surface area contributed by atoms with Gasteiger partial charge in [0.1, 0.15) is 0 Å². The zero-order chi connectivity index (χ0) is 14.0.